The quantitative estimate of drug-likeness (QED) is 0.929. The van der Waals surface area contributed by atoms with Crippen molar-refractivity contribution < 1.29 is 8.42 Å². The predicted molar refractivity (Wildman–Crippen MR) is 84.3 cm³/mol. The zero-order valence-corrected chi connectivity index (χ0v) is 13.8. The number of nitrogens with zero attached hydrogens (tertiary/aromatic N) is 1. The van der Waals surface area contributed by atoms with E-state index in [0.717, 1.165) is 11.3 Å². The van der Waals surface area contributed by atoms with Crippen LogP contribution in [0.15, 0.2) is 29.2 Å². The standard InChI is InChI=1S/C14H22N2O2S2/c1-11(15)12-4-6-13(7-5-12)20(17,18)16-8-9-19-14(2,3)10-16/h4-7,11H,8-10,15H2,1-3H3. The first-order valence-corrected chi connectivity index (χ1v) is 9.15. The predicted octanol–water partition coefficient (Wildman–Crippen LogP) is 2.22. The summed E-state index contributed by atoms with van der Waals surface area (Å²) in [5, 5.41) is 0. The lowest BCUT2D eigenvalue weighted by atomic mass is 10.1. The first-order valence-electron chi connectivity index (χ1n) is 6.72. The van der Waals surface area contributed by atoms with Crippen LogP contribution in [0.25, 0.3) is 0 Å². The van der Waals surface area contributed by atoms with E-state index in [4.69, 9.17) is 5.73 Å². The van der Waals surface area contributed by atoms with E-state index in [1.807, 2.05) is 18.7 Å². The summed E-state index contributed by atoms with van der Waals surface area (Å²) in [6.07, 6.45) is 0. The molecule has 1 aromatic rings. The van der Waals surface area contributed by atoms with Crippen LogP contribution in [-0.2, 0) is 10.0 Å². The van der Waals surface area contributed by atoms with Gasteiger partial charge in [0.15, 0.2) is 0 Å². The van der Waals surface area contributed by atoms with Gasteiger partial charge in [-0.15, -0.1) is 0 Å². The molecule has 1 saturated heterocycles. The smallest absolute Gasteiger partial charge is 0.243 e. The van der Waals surface area contributed by atoms with Gasteiger partial charge in [0, 0.05) is 29.6 Å². The number of nitrogens with two attached hydrogens (primary N) is 1. The van der Waals surface area contributed by atoms with Crippen molar-refractivity contribution in [2.75, 3.05) is 18.8 Å². The molecule has 1 unspecified atom stereocenters. The van der Waals surface area contributed by atoms with Gasteiger partial charge in [0.2, 0.25) is 10.0 Å². The van der Waals surface area contributed by atoms with Crippen LogP contribution < -0.4 is 5.73 Å². The molecule has 1 heterocycles. The molecule has 1 aliphatic rings. The van der Waals surface area contributed by atoms with E-state index in [0.29, 0.717) is 18.0 Å². The van der Waals surface area contributed by atoms with Crippen molar-refractivity contribution >= 4 is 21.8 Å². The maximum atomic E-state index is 12.6. The molecule has 1 atom stereocenters. The van der Waals surface area contributed by atoms with Gasteiger partial charge in [0.05, 0.1) is 4.90 Å². The topological polar surface area (TPSA) is 63.4 Å². The average molecular weight is 314 g/mol. The zero-order chi connectivity index (χ0) is 15.0. The number of benzene rings is 1. The highest BCUT2D eigenvalue weighted by Crippen LogP contribution is 2.32. The molecule has 2 rings (SSSR count). The number of hydrogen-bond donors (Lipinski definition) is 1. The number of thioether (sulfide) groups is 1. The Kier molecular flexibility index (Phi) is 4.49. The average Bonchev–Trinajstić information content (AvgIpc) is 2.37. The van der Waals surface area contributed by atoms with Gasteiger partial charge in [-0.2, -0.15) is 16.1 Å². The summed E-state index contributed by atoms with van der Waals surface area (Å²) < 4.78 is 26.8. The third kappa shape index (κ3) is 3.36. The SMILES string of the molecule is CC(N)c1ccc(S(=O)(=O)N2CCSC(C)(C)C2)cc1. The first-order chi connectivity index (χ1) is 9.22. The van der Waals surface area contributed by atoms with E-state index in [2.05, 4.69) is 13.8 Å². The number of sulfonamides is 1. The van der Waals surface area contributed by atoms with Crippen LogP contribution in [0.3, 0.4) is 0 Å². The second-order valence-electron chi connectivity index (χ2n) is 5.80. The van der Waals surface area contributed by atoms with Crippen molar-refractivity contribution in [3.63, 3.8) is 0 Å². The minimum absolute atomic E-state index is 0.0307. The molecule has 0 aliphatic carbocycles. The molecule has 20 heavy (non-hydrogen) atoms. The highest BCUT2D eigenvalue weighted by atomic mass is 32.2. The van der Waals surface area contributed by atoms with Crippen LogP contribution in [0, 0.1) is 0 Å². The van der Waals surface area contributed by atoms with Crippen LogP contribution in [-0.4, -0.2) is 36.3 Å². The summed E-state index contributed by atoms with van der Waals surface area (Å²) in [7, 11) is -3.40. The fourth-order valence-electron chi connectivity index (χ4n) is 2.27. The molecule has 1 aliphatic heterocycles. The Labute approximate surface area is 125 Å². The lowest BCUT2D eigenvalue weighted by Crippen LogP contribution is -2.46. The van der Waals surface area contributed by atoms with Gasteiger partial charge in [-0.05, 0) is 38.5 Å². The van der Waals surface area contributed by atoms with Gasteiger partial charge in [0.25, 0.3) is 0 Å². The second-order valence-corrected chi connectivity index (χ2v) is 9.54. The van der Waals surface area contributed by atoms with Crippen LogP contribution >= 0.6 is 11.8 Å². The van der Waals surface area contributed by atoms with E-state index in [1.165, 1.54) is 0 Å². The van der Waals surface area contributed by atoms with Gasteiger partial charge >= 0.3 is 0 Å². The Bertz CT molecular complexity index is 565. The Balaban J connectivity index is 2.26. The molecule has 4 nitrogen and oxygen atoms in total. The summed E-state index contributed by atoms with van der Waals surface area (Å²) in [5.74, 6) is 0.837. The monoisotopic (exact) mass is 314 g/mol. The van der Waals surface area contributed by atoms with E-state index < -0.39 is 10.0 Å². The molecule has 1 fully saturated rings. The molecule has 0 spiro atoms. The van der Waals surface area contributed by atoms with E-state index >= 15 is 0 Å². The highest BCUT2D eigenvalue weighted by Gasteiger charge is 2.34. The normalized spacial score (nSPS) is 21.6. The second kappa shape index (κ2) is 5.67. The lowest BCUT2D eigenvalue weighted by molar-refractivity contribution is 0.387. The Morgan fingerprint density at radius 1 is 1.30 bits per heavy atom. The molecule has 112 valence electrons. The van der Waals surface area contributed by atoms with Gasteiger partial charge in [-0.3, -0.25) is 0 Å². The minimum atomic E-state index is -3.40. The molecule has 2 N–H and O–H groups in total. The Morgan fingerprint density at radius 2 is 1.90 bits per heavy atom. The summed E-state index contributed by atoms with van der Waals surface area (Å²) in [5.41, 5.74) is 6.73. The number of rotatable bonds is 3. The van der Waals surface area contributed by atoms with Gasteiger partial charge in [-0.1, -0.05) is 12.1 Å². The lowest BCUT2D eigenvalue weighted by Gasteiger charge is -2.36. The third-order valence-electron chi connectivity index (χ3n) is 3.43. The first kappa shape index (κ1) is 15.8. The van der Waals surface area contributed by atoms with Gasteiger partial charge in [0.1, 0.15) is 0 Å². The molecular weight excluding hydrogens is 292 g/mol. The van der Waals surface area contributed by atoms with Crippen LogP contribution in [0.2, 0.25) is 0 Å². The molecule has 0 radical (unpaired) electrons. The molecule has 0 aromatic heterocycles. The van der Waals surface area contributed by atoms with Crippen molar-refractivity contribution in [2.45, 2.75) is 36.5 Å². The van der Waals surface area contributed by atoms with E-state index in [9.17, 15) is 8.42 Å². The Hall–Kier alpha value is -0.560. The summed E-state index contributed by atoms with van der Waals surface area (Å²) >= 11 is 1.82. The maximum absolute atomic E-state index is 12.6. The van der Waals surface area contributed by atoms with Gasteiger partial charge < -0.3 is 5.73 Å². The molecule has 0 amide bonds. The van der Waals surface area contributed by atoms with Crippen LogP contribution in [0.1, 0.15) is 32.4 Å². The Morgan fingerprint density at radius 3 is 2.40 bits per heavy atom. The fourth-order valence-corrected chi connectivity index (χ4v) is 5.18. The third-order valence-corrected chi connectivity index (χ3v) is 6.59. The van der Waals surface area contributed by atoms with E-state index in [1.54, 1.807) is 28.6 Å². The molecule has 1 aromatic carbocycles. The van der Waals surface area contributed by atoms with Crippen molar-refractivity contribution in [2.24, 2.45) is 5.73 Å². The largest absolute Gasteiger partial charge is 0.324 e. The molecule has 0 bridgehead atoms. The van der Waals surface area contributed by atoms with Crippen molar-refractivity contribution in [1.29, 1.82) is 0 Å². The summed E-state index contributed by atoms with van der Waals surface area (Å²) in [6.45, 7) is 7.17. The van der Waals surface area contributed by atoms with E-state index in [-0.39, 0.29) is 10.8 Å². The molecular formula is C14H22N2O2S2. The zero-order valence-electron chi connectivity index (χ0n) is 12.2. The molecule has 6 heteroatoms. The van der Waals surface area contributed by atoms with Crippen LogP contribution in [0.5, 0.6) is 0 Å². The van der Waals surface area contributed by atoms with Gasteiger partial charge in [-0.25, -0.2) is 8.42 Å². The highest BCUT2D eigenvalue weighted by molar-refractivity contribution is 8.00. The summed E-state index contributed by atoms with van der Waals surface area (Å²) in [6, 6.07) is 6.81. The number of hydrogen-bond acceptors (Lipinski definition) is 4. The van der Waals surface area contributed by atoms with Crippen molar-refractivity contribution in [1.82, 2.24) is 4.31 Å². The minimum Gasteiger partial charge on any atom is -0.324 e. The van der Waals surface area contributed by atoms with Crippen molar-refractivity contribution in [3.8, 4) is 0 Å². The van der Waals surface area contributed by atoms with Crippen LogP contribution in [0.4, 0.5) is 0 Å². The molecule has 0 saturated carbocycles. The summed E-state index contributed by atoms with van der Waals surface area (Å²) in [4.78, 5) is 0.351. The maximum Gasteiger partial charge on any atom is 0.243 e. The fraction of sp³-hybridized carbons (Fsp3) is 0.571. The van der Waals surface area contributed by atoms with Crippen molar-refractivity contribution in [3.05, 3.63) is 29.8 Å².